The first-order chi connectivity index (χ1) is 13.4. The molecule has 144 valence electrons. The molecule has 1 aliphatic heterocycles. The van der Waals surface area contributed by atoms with Crippen LogP contribution in [0.2, 0.25) is 0 Å². The molecule has 8 nitrogen and oxygen atoms in total. The summed E-state index contributed by atoms with van der Waals surface area (Å²) in [6, 6.07) is 11.5. The Hall–Kier alpha value is -3.68. The van der Waals surface area contributed by atoms with Gasteiger partial charge in [-0.1, -0.05) is 35.9 Å². The van der Waals surface area contributed by atoms with Gasteiger partial charge >= 0.3 is 6.03 Å². The second kappa shape index (κ2) is 7.91. The highest BCUT2D eigenvalue weighted by atomic mass is 16.2. The molecule has 3 N–H and O–H groups in total. The van der Waals surface area contributed by atoms with Crippen molar-refractivity contribution in [2.24, 2.45) is 0 Å². The van der Waals surface area contributed by atoms with E-state index in [1.54, 1.807) is 30.3 Å². The molecular weight excluding hydrogens is 360 g/mol. The first-order valence-electron chi connectivity index (χ1n) is 8.71. The molecule has 5 amide bonds. The molecule has 0 aromatic heterocycles. The number of nitrogens with zero attached hydrogens (tertiary/aromatic N) is 1. The number of imide groups is 1. The van der Waals surface area contributed by atoms with Gasteiger partial charge in [0.2, 0.25) is 5.91 Å². The van der Waals surface area contributed by atoms with Crippen molar-refractivity contribution < 1.29 is 19.2 Å². The summed E-state index contributed by atoms with van der Waals surface area (Å²) in [6.45, 7) is 3.66. The molecule has 1 heterocycles. The van der Waals surface area contributed by atoms with Gasteiger partial charge in [0.25, 0.3) is 11.8 Å². The van der Waals surface area contributed by atoms with Gasteiger partial charge in [0, 0.05) is 11.1 Å². The summed E-state index contributed by atoms with van der Waals surface area (Å²) >= 11 is 0. The zero-order valence-corrected chi connectivity index (χ0v) is 15.5. The molecule has 0 atom stereocenters. The van der Waals surface area contributed by atoms with Crippen LogP contribution in [0.5, 0.6) is 0 Å². The summed E-state index contributed by atoms with van der Waals surface area (Å²) in [5, 5.41) is 2.44. The summed E-state index contributed by atoms with van der Waals surface area (Å²) in [5.41, 5.74) is 7.82. The Morgan fingerprint density at radius 2 is 1.68 bits per heavy atom. The summed E-state index contributed by atoms with van der Waals surface area (Å²) in [4.78, 5) is 49.4. The molecule has 0 unspecified atom stereocenters. The highest BCUT2D eigenvalue weighted by Crippen LogP contribution is 2.14. The molecule has 1 fully saturated rings. The lowest BCUT2D eigenvalue weighted by molar-refractivity contribution is -0.125. The molecule has 2 aromatic carbocycles. The van der Waals surface area contributed by atoms with Crippen LogP contribution in [0.1, 0.15) is 37.4 Å². The van der Waals surface area contributed by atoms with Crippen molar-refractivity contribution in [3.8, 4) is 0 Å². The Balaban J connectivity index is 1.70. The largest absolute Gasteiger partial charge is 0.329 e. The van der Waals surface area contributed by atoms with E-state index in [0.717, 1.165) is 16.0 Å². The van der Waals surface area contributed by atoms with E-state index in [4.69, 9.17) is 0 Å². The van der Waals surface area contributed by atoms with E-state index in [9.17, 15) is 19.2 Å². The summed E-state index contributed by atoms with van der Waals surface area (Å²) < 4.78 is 0. The van der Waals surface area contributed by atoms with Crippen LogP contribution in [0, 0.1) is 13.8 Å². The van der Waals surface area contributed by atoms with Gasteiger partial charge in [-0.25, -0.2) is 4.79 Å². The average molecular weight is 380 g/mol. The standard InChI is InChI=1S/C20H20N4O4/c1-12-7-8-15(13(2)9-12)18(26)22-23-19(27)16-6-4-3-5-14(16)11-24-17(25)10-21-20(24)28/h3-9H,10-11H2,1-2H3,(H,21,28)(H,22,26)(H,23,27). The Bertz CT molecular complexity index is 954. The minimum atomic E-state index is -0.541. The first-order valence-corrected chi connectivity index (χ1v) is 8.71. The highest BCUT2D eigenvalue weighted by Gasteiger charge is 2.29. The number of urea groups is 1. The van der Waals surface area contributed by atoms with Crippen LogP contribution in [-0.4, -0.2) is 35.2 Å². The van der Waals surface area contributed by atoms with Gasteiger partial charge in [-0.3, -0.25) is 30.1 Å². The number of aryl methyl sites for hydroxylation is 2. The third-order valence-electron chi connectivity index (χ3n) is 4.44. The van der Waals surface area contributed by atoms with Crippen molar-refractivity contribution in [3.05, 3.63) is 70.3 Å². The lowest BCUT2D eigenvalue weighted by Gasteiger charge is -2.16. The molecule has 0 radical (unpaired) electrons. The maximum atomic E-state index is 12.5. The monoisotopic (exact) mass is 380 g/mol. The molecule has 1 saturated heterocycles. The highest BCUT2D eigenvalue weighted by molar-refractivity contribution is 6.03. The maximum Gasteiger partial charge on any atom is 0.324 e. The number of benzene rings is 2. The van der Waals surface area contributed by atoms with Crippen LogP contribution in [-0.2, 0) is 11.3 Å². The number of carbonyl (C=O) groups excluding carboxylic acids is 4. The van der Waals surface area contributed by atoms with Crippen LogP contribution in [0.25, 0.3) is 0 Å². The smallest absolute Gasteiger partial charge is 0.324 e. The number of hydrogen-bond donors (Lipinski definition) is 3. The third-order valence-corrected chi connectivity index (χ3v) is 4.44. The molecule has 0 saturated carbocycles. The molecule has 28 heavy (non-hydrogen) atoms. The SMILES string of the molecule is Cc1ccc(C(=O)NNC(=O)c2ccccc2CN2C(=O)CNC2=O)c(C)c1. The fourth-order valence-corrected chi connectivity index (χ4v) is 2.98. The minimum Gasteiger partial charge on any atom is -0.329 e. The number of rotatable bonds is 4. The van der Waals surface area contributed by atoms with Crippen molar-refractivity contribution in [1.29, 1.82) is 0 Å². The van der Waals surface area contributed by atoms with Crippen LogP contribution < -0.4 is 16.2 Å². The fourth-order valence-electron chi connectivity index (χ4n) is 2.98. The van der Waals surface area contributed by atoms with Crippen LogP contribution >= 0.6 is 0 Å². The zero-order chi connectivity index (χ0) is 20.3. The van der Waals surface area contributed by atoms with E-state index in [-0.39, 0.29) is 24.6 Å². The van der Waals surface area contributed by atoms with Crippen molar-refractivity contribution >= 4 is 23.8 Å². The van der Waals surface area contributed by atoms with E-state index in [2.05, 4.69) is 16.2 Å². The molecule has 0 spiro atoms. The second-order valence-electron chi connectivity index (χ2n) is 6.52. The number of nitrogens with one attached hydrogen (secondary N) is 3. The molecule has 0 aliphatic carbocycles. The Labute approximate surface area is 161 Å². The van der Waals surface area contributed by atoms with Crippen molar-refractivity contribution in [3.63, 3.8) is 0 Å². The number of amides is 5. The lowest BCUT2D eigenvalue weighted by atomic mass is 10.1. The Morgan fingerprint density at radius 1 is 1.00 bits per heavy atom. The molecular formula is C20H20N4O4. The molecule has 0 bridgehead atoms. The van der Waals surface area contributed by atoms with Gasteiger partial charge in [0.15, 0.2) is 0 Å². The van der Waals surface area contributed by atoms with E-state index in [1.807, 2.05) is 26.0 Å². The van der Waals surface area contributed by atoms with E-state index >= 15 is 0 Å². The number of hydrazine groups is 1. The second-order valence-corrected chi connectivity index (χ2v) is 6.52. The van der Waals surface area contributed by atoms with E-state index in [0.29, 0.717) is 11.1 Å². The van der Waals surface area contributed by atoms with E-state index in [1.165, 1.54) is 0 Å². The van der Waals surface area contributed by atoms with Crippen molar-refractivity contribution in [2.45, 2.75) is 20.4 Å². The normalized spacial score (nSPS) is 13.3. The molecule has 3 rings (SSSR count). The zero-order valence-electron chi connectivity index (χ0n) is 15.5. The van der Waals surface area contributed by atoms with Gasteiger partial charge in [-0.2, -0.15) is 0 Å². The summed E-state index contributed by atoms with van der Waals surface area (Å²) in [7, 11) is 0. The average Bonchev–Trinajstić information content (AvgIpc) is 2.98. The van der Waals surface area contributed by atoms with Gasteiger partial charge in [-0.15, -0.1) is 0 Å². The van der Waals surface area contributed by atoms with Crippen LogP contribution in [0.15, 0.2) is 42.5 Å². The minimum absolute atomic E-state index is 0.0285. The van der Waals surface area contributed by atoms with Crippen LogP contribution in [0.4, 0.5) is 4.79 Å². The molecule has 2 aromatic rings. The predicted octanol–water partition coefficient (Wildman–Crippen LogP) is 1.43. The quantitative estimate of drug-likeness (QED) is 0.551. The first kappa shape index (κ1) is 19.1. The van der Waals surface area contributed by atoms with Gasteiger partial charge < -0.3 is 5.32 Å². The topological polar surface area (TPSA) is 108 Å². The van der Waals surface area contributed by atoms with E-state index < -0.39 is 17.8 Å². The van der Waals surface area contributed by atoms with Gasteiger partial charge in [0.1, 0.15) is 0 Å². The van der Waals surface area contributed by atoms with Crippen LogP contribution in [0.3, 0.4) is 0 Å². The predicted molar refractivity (Wildman–Crippen MR) is 101 cm³/mol. The van der Waals surface area contributed by atoms with Gasteiger partial charge in [0.05, 0.1) is 13.1 Å². The molecule has 1 aliphatic rings. The van der Waals surface area contributed by atoms with Crippen molar-refractivity contribution in [1.82, 2.24) is 21.1 Å². The number of hydrogen-bond acceptors (Lipinski definition) is 4. The fraction of sp³-hybridized carbons (Fsp3) is 0.200. The Morgan fingerprint density at radius 3 is 2.32 bits per heavy atom. The number of carbonyl (C=O) groups is 4. The molecule has 8 heteroatoms. The summed E-state index contributed by atoms with van der Waals surface area (Å²) in [6.07, 6.45) is 0. The van der Waals surface area contributed by atoms with Gasteiger partial charge in [-0.05, 0) is 37.1 Å². The Kier molecular flexibility index (Phi) is 5.39. The third kappa shape index (κ3) is 4.01. The summed E-state index contributed by atoms with van der Waals surface area (Å²) in [5.74, 6) is -1.33. The van der Waals surface area contributed by atoms with Crippen molar-refractivity contribution in [2.75, 3.05) is 6.54 Å². The lowest BCUT2D eigenvalue weighted by Crippen LogP contribution is -2.42. The maximum absolute atomic E-state index is 12.5.